The fourth-order valence-electron chi connectivity index (χ4n) is 2.66. The van der Waals surface area contributed by atoms with Crippen molar-refractivity contribution in [3.8, 4) is 11.4 Å². The van der Waals surface area contributed by atoms with Crippen molar-refractivity contribution >= 4 is 16.9 Å². The normalized spacial score (nSPS) is 10.8. The molecule has 4 heteroatoms. The van der Waals surface area contributed by atoms with Crippen LogP contribution in [0.4, 0.5) is 0 Å². The highest BCUT2D eigenvalue weighted by Gasteiger charge is 2.15. The Morgan fingerprint density at radius 2 is 1.86 bits per heavy atom. The molecule has 3 rings (SSSR count). The molecule has 112 valence electrons. The number of nitrogens with zero attached hydrogens (tertiary/aromatic N) is 2. The second-order valence-corrected chi connectivity index (χ2v) is 5.28. The molecule has 0 aliphatic heterocycles. The van der Waals surface area contributed by atoms with Crippen molar-refractivity contribution in [3.05, 3.63) is 54.1 Å². The third kappa shape index (κ3) is 2.60. The first kappa shape index (κ1) is 14.3. The molecule has 4 nitrogen and oxygen atoms in total. The number of nitrogens with one attached hydrogen (secondary N) is 1. The zero-order valence-corrected chi connectivity index (χ0v) is 12.8. The average molecular weight is 293 g/mol. The number of amides is 1. The molecule has 1 heterocycles. The lowest BCUT2D eigenvalue weighted by Gasteiger charge is -2.10. The van der Waals surface area contributed by atoms with E-state index in [2.05, 4.69) is 18.3 Å². The van der Waals surface area contributed by atoms with Crippen LogP contribution < -0.4 is 5.32 Å². The van der Waals surface area contributed by atoms with Gasteiger partial charge in [0, 0.05) is 12.1 Å². The Kier molecular flexibility index (Phi) is 3.92. The molecule has 0 spiro atoms. The van der Waals surface area contributed by atoms with E-state index in [0.717, 1.165) is 28.0 Å². The molecule has 0 saturated carbocycles. The van der Waals surface area contributed by atoms with Gasteiger partial charge in [0.05, 0.1) is 11.0 Å². The second-order valence-electron chi connectivity index (χ2n) is 5.28. The van der Waals surface area contributed by atoms with Gasteiger partial charge in [-0.15, -0.1) is 0 Å². The summed E-state index contributed by atoms with van der Waals surface area (Å²) < 4.78 is 1.99. The summed E-state index contributed by atoms with van der Waals surface area (Å²) in [4.78, 5) is 16.8. The number of aromatic nitrogens is 2. The number of aryl methyl sites for hydroxylation is 1. The van der Waals surface area contributed by atoms with E-state index >= 15 is 0 Å². The van der Waals surface area contributed by atoms with E-state index in [0.29, 0.717) is 6.54 Å². The maximum absolute atomic E-state index is 12.1. The van der Waals surface area contributed by atoms with E-state index in [9.17, 15) is 4.79 Å². The van der Waals surface area contributed by atoms with Crippen molar-refractivity contribution < 1.29 is 4.79 Å². The molecule has 0 unspecified atom stereocenters. The largest absolute Gasteiger partial charge is 0.355 e. The van der Waals surface area contributed by atoms with Crippen molar-refractivity contribution in [2.24, 2.45) is 0 Å². The molecular formula is C18H19N3O. The molecule has 0 aliphatic rings. The first-order valence-electron chi connectivity index (χ1n) is 7.48. The summed E-state index contributed by atoms with van der Waals surface area (Å²) in [5, 5.41) is 2.85. The van der Waals surface area contributed by atoms with Crippen LogP contribution in [-0.2, 0) is 11.3 Å². The van der Waals surface area contributed by atoms with Crippen molar-refractivity contribution in [3.63, 3.8) is 0 Å². The summed E-state index contributed by atoms with van der Waals surface area (Å²) in [5.41, 5.74) is 4.09. The number of para-hydroxylation sites is 2. The first-order valence-corrected chi connectivity index (χ1v) is 7.48. The molecule has 0 fully saturated rings. The van der Waals surface area contributed by atoms with E-state index < -0.39 is 0 Å². The number of hydrogen-bond acceptors (Lipinski definition) is 2. The third-order valence-corrected chi connectivity index (χ3v) is 3.72. The number of benzene rings is 2. The molecule has 1 amide bonds. The molecule has 0 bridgehead atoms. The Morgan fingerprint density at radius 3 is 2.64 bits per heavy atom. The molecular weight excluding hydrogens is 274 g/mol. The van der Waals surface area contributed by atoms with Crippen molar-refractivity contribution in [2.45, 2.75) is 20.4 Å². The lowest BCUT2D eigenvalue weighted by Crippen LogP contribution is -2.27. The zero-order valence-electron chi connectivity index (χ0n) is 12.8. The van der Waals surface area contributed by atoms with Crippen LogP contribution in [-0.4, -0.2) is 22.0 Å². The number of fused-ring (bicyclic) bond motifs is 1. The van der Waals surface area contributed by atoms with Crippen LogP contribution in [0.2, 0.25) is 0 Å². The summed E-state index contributed by atoms with van der Waals surface area (Å²) in [5.74, 6) is 0.839. The Labute approximate surface area is 129 Å². The third-order valence-electron chi connectivity index (χ3n) is 3.72. The molecule has 0 saturated heterocycles. The molecule has 0 radical (unpaired) electrons. The van der Waals surface area contributed by atoms with E-state index in [4.69, 9.17) is 4.98 Å². The Hall–Kier alpha value is -2.62. The summed E-state index contributed by atoms with van der Waals surface area (Å²) in [6.45, 7) is 4.89. The fraction of sp³-hybridized carbons (Fsp3) is 0.222. The van der Waals surface area contributed by atoms with Gasteiger partial charge < -0.3 is 9.88 Å². The van der Waals surface area contributed by atoms with Gasteiger partial charge in [0.25, 0.3) is 0 Å². The highest BCUT2D eigenvalue weighted by Crippen LogP contribution is 2.27. The van der Waals surface area contributed by atoms with Crippen LogP contribution in [0, 0.1) is 6.92 Å². The average Bonchev–Trinajstić information content (AvgIpc) is 2.87. The van der Waals surface area contributed by atoms with Crippen LogP contribution >= 0.6 is 0 Å². The summed E-state index contributed by atoms with van der Waals surface area (Å²) in [6, 6.07) is 16.0. The molecule has 2 aromatic carbocycles. The minimum atomic E-state index is 0.000451. The van der Waals surface area contributed by atoms with E-state index in [-0.39, 0.29) is 12.5 Å². The number of hydrogen-bond donors (Lipinski definition) is 1. The number of imidazole rings is 1. The van der Waals surface area contributed by atoms with Gasteiger partial charge in [0.2, 0.25) is 5.91 Å². The van der Waals surface area contributed by atoms with Crippen LogP contribution in [0.15, 0.2) is 48.5 Å². The van der Waals surface area contributed by atoms with Crippen LogP contribution in [0.1, 0.15) is 12.5 Å². The van der Waals surface area contributed by atoms with Crippen LogP contribution in [0.25, 0.3) is 22.4 Å². The Balaban J connectivity index is 2.17. The monoisotopic (exact) mass is 293 g/mol. The molecule has 3 aromatic rings. The topological polar surface area (TPSA) is 46.9 Å². The summed E-state index contributed by atoms with van der Waals surface area (Å²) >= 11 is 0. The van der Waals surface area contributed by atoms with Gasteiger partial charge in [0.1, 0.15) is 12.4 Å². The van der Waals surface area contributed by atoms with Gasteiger partial charge in [-0.3, -0.25) is 4.79 Å². The summed E-state index contributed by atoms with van der Waals surface area (Å²) in [6.07, 6.45) is 0. The smallest absolute Gasteiger partial charge is 0.240 e. The quantitative estimate of drug-likeness (QED) is 0.803. The van der Waals surface area contributed by atoms with E-state index in [1.165, 1.54) is 0 Å². The van der Waals surface area contributed by atoms with Gasteiger partial charge >= 0.3 is 0 Å². The minimum Gasteiger partial charge on any atom is -0.355 e. The lowest BCUT2D eigenvalue weighted by atomic mass is 10.1. The second kappa shape index (κ2) is 6.02. The predicted octanol–water partition coefficient (Wildman–Crippen LogP) is 3.15. The summed E-state index contributed by atoms with van der Waals surface area (Å²) in [7, 11) is 0. The molecule has 0 atom stereocenters. The minimum absolute atomic E-state index is 0.000451. The van der Waals surface area contributed by atoms with Gasteiger partial charge in [-0.1, -0.05) is 36.4 Å². The molecule has 0 aliphatic carbocycles. The van der Waals surface area contributed by atoms with E-state index in [1.54, 1.807) is 0 Å². The van der Waals surface area contributed by atoms with Crippen LogP contribution in [0.5, 0.6) is 0 Å². The molecule has 1 aromatic heterocycles. The lowest BCUT2D eigenvalue weighted by molar-refractivity contribution is -0.121. The number of carbonyl (C=O) groups excluding carboxylic acids is 1. The van der Waals surface area contributed by atoms with Crippen molar-refractivity contribution in [1.29, 1.82) is 0 Å². The SMILES string of the molecule is CCNC(=O)Cn1c(-c2ccccc2C)nc2ccccc21. The number of rotatable bonds is 4. The van der Waals surface area contributed by atoms with Crippen molar-refractivity contribution in [2.75, 3.05) is 6.54 Å². The van der Waals surface area contributed by atoms with Crippen LogP contribution in [0.3, 0.4) is 0 Å². The van der Waals surface area contributed by atoms with Gasteiger partial charge in [0.15, 0.2) is 0 Å². The highest BCUT2D eigenvalue weighted by molar-refractivity contribution is 5.84. The Morgan fingerprint density at radius 1 is 1.14 bits per heavy atom. The van der Waals surface area contributed by atoms with Gasteiger partial charge in [-0.2, -0.15) is 0 Å². The number of carbonyl (C=O) groups is 1. The highest BCUT2D eigenvalue weighted by atomic mass is 16.1. The maximum Gasteiger partial charge on any atom is 0.240 e. The molecule has 22 heavy (non-hydrogen) atoms. The van der Waals surface area contributed by atoms with Gasteiger partial charge in [-0.25, -0.2) is 4.98 Å². The predicted molar refractivity (Wildman–Crippen MR) is 88.6 cm³/mol. The number of likely N-dealkylation sites (N-methyl/N-ethyl adjacent to an activating group) is 1. The Bertz CT molecular complexity index is 820. The zero-order chi connectivity index (χ0) is 15.5. The fourth-order valence-corrected chi connectivity index (χ4v) is 2.66. The van der Waals surface area contributed by atoms with E-state index in [1.807, 2.05) is 54.0 Å². The maximum atomic E-state index is 12.1. The standard InChI is InChI=1S/C18H19N3O/c1-3-19-17(22)12-21-16-11-7-6-10-15(16)20-18(21)14-9-5-4-8-13(14)2/h4-11H,3,12H2,1-2H3,(H,19,22). The first-order chi connectivity index (χ1) is 10.7. The van der Waals surface area contributed by atoms with Gasteiger partial charge in [-0.05, 0) is 31.5 Å². The van der Waals surface area contributed by atoms with Crippen molar-refractivity contribution in [1.82, 2.24) is 14.9 Å². The molecule has 1 N–H and O–H groups in total.